The predicted molar refractivity (Wildman–Crippen MR) is 77.4 cm³/mol. The number of halogens is 1. The van der Waals surface area contributed by atoms with Crippen LogP contribution in [0, 0.1) is 11.7 Å². The van der Waals surface area contributed by atoms with Crippen molar-refractivity contribution in [3.63, 3.8) is 0 Å². The maximum atomic E-state index is 13.0. The molecular weight excluding hydrogens is 285 g/mol. The van der Waals surface area contributed by atoms with Crippen LogP contribution in [-0.4, -0.2) is 39.3 Å². The van der Waals surface area contributed by atoms with Gasteiger partial charge < -0.3 is 9.63 Å². The van der Waals surface area contributed by atoms with Gasteiger partial charge in [-0.25, -0.2) is 4.39 Å². The first-order valence-electron chi connectivity index (χ1n) is 7.70. The first-order valence-corrected chi connectivity index (χ1v) is 7.70. The van der Waals surface area contributed by atoms with Gasteiger partial charge >= 0.3 is 0 Å². The second-order valence-corrected chi connectivity index (χ2v) is 6.27. The van der Waals surface area contributed by atoms with Crippen molar-refractivity contribution in [2.24, 2.45) is 5.92 Å². The minimum atomic E-state index is -0.343. The minimum Gasteiger partial charge on any atom is -0.392 e. The lowest BCUT2D eigenvalue weighted by Gasteiger charge is -2.20. The fraction of sp³-hybridized carbons (Fsp3) is 0.500. The van der Waals surface area contributed by atoms with Gasteiger partial charge in [0, 0.05) is 18.7 Å². The van der Waals surface area contributed by atoms with Gasteiger partial charge in [0.2, 0.25) is 11.7 Å². The SMILES string of the molecule is OC1CC(c2nc(-c3ccc(F)cc3)no2)N(CC2CC2)C1. The second kappa shape index (κ2) is 5.44. The summed E-state index contributed by atoms with van der Waals surface area (Å²) in [5, 5.41) is 13.9. The molecule has 2 fully saturated rings. The summed E-state index contributed by atoms with van der Waals surface area (Å²) in [7, 11) is 0. The van der Waals surface area contributed by atoms with E-state index in [1.807, 2.05) is 0 Å². The van der Waals surface area contributed by atoms with E-state index in [0.29, 0.717) is 24.7 Å². The van der Waals surface area contributed by atoms with Crippen LogP contribution in [0.3, 0.4) is 0 Å². The lowest BCUT2D eigenvalue weighted by molar-refractivity contribution is 0.170. The zero-order valence-electron chi connectivity index (χ0n) is 12.2. The van der Waals surface area contributed by atoms with E-state index in [1.165, 1.54) is 25.0 Å². The molecule has 5 nitrogen and oxygen atoms in total. The Labute approximate surface area is 127 Å². The number of hydrogen-bond donors (Lipinski definition) is 1. The second-order valence-electron chi connectivity index (χ2n) is 6.27. The Morgan fingerprint density at radius 1 is 1.27 bits per heavy atom. The zero-order chi connectivity index (χ0) is 15.1. The van der Waals surface area contributed by atoms with E-state index in [4.69, 9.17) is 4.52 Å². The van der Waals surface area contributed by atoms with Crippen molar-refractivity contribution in [3.05, 3.63) is 36.0 Å². The molecule has 1 aromatic heterocycles. The third-order valence-electron chi connectivity index (χ3n) is 4.40. The third-order valence-corrected chi connectivity index (χ3v) is 4.40. The number of rotatable bonds is 4. The topological polar surface area (TPSA) is 62.4 Å². The first-order chi connectivity index (χ1) is 10.7. The van der Waals surface area contributed by atoms with Crippen LogP contribution in [0.1, 0.15) is 31.2 Å². The number of benzene rings is 1. The van der Waals surface area contributed by atoms with E-state index >= 15 is 0 Å². The molecule has 0 radical (unpaired) electrons. The molecule has 4 rings (SSSR count). The van der Waals surface area contributed by atoms with Gasteiger partial charge in [-0.3, -0.25) is 4.90 Å². The molecule has 2 unspecified atom stereocenters. The van der Waals surface area contributed by atoms with Gasteiger partial charge in [-0.15, -0.1) is 0 Å². The Morgan fingerprint density at radius 3 is 2.77 bits per heavy atom. The number of β-amino-alcohol motifs (C(OH)–C–C–N with tert-alkyl or cyclic N) is 1. The standard InChI is InChI=1S/C16H18FN3O2/c17-12-5-3-11(4-6-12)15-18-16(22-19-15)14-7-13(21)9-20(14)8-10-1-2-10/h3-6,10,13-14,21H,1-2,7-9H2. The van der Waals surface area contributed by atoms with E-state index in [9.17, 15) is 9.50 Å². The van der Waals surface area contributed by atoms with Crippen LogP contribution in [0.5, 0.6) is 0 Å². The molecule has 1 N–H and O–H groups in total. The Bertz CT molecular complexity index is 654. The fourth-order valence-electron chi connectivity index (χ4n) is 3.06. The minimum absolute atomic E-state index is 0.0164. The van der Waals surface area contributed by atoms with Crippen LogP contribution < -0.4 is 0 Å². The molecule has 0 amide bonds. The molecule has 2 aliphatic rings. The highest BCUT2D eigenvalue weighted by Gasteiger charge is 2.38. The van der Waals surface area contributed by atoms with Crippen molar-refractivity contribution >= 4 is 0 Å². The molecule has 0 spiro atoms. The monoisotopic (exact) mass is 303 g/mol. The molecule has 1 aromatic carbocycles. The molecule has 2 heterocycles. The number of nitrogens with zero attached hydrogens (tertiary/aromatic N) is 3. The predicted octanol–water partition coefficient (Wildman–Crippen LogP) is 2.39. The van der Waals surface area contributed by atoms with Crippen molar-refractivity contribution in [2.45, 2.75) is 31.4 Å². The van der Waals surface area contributed by atoms with E-state index in [-0.39, 0.29) is 18.0 Å². The number of hydrogen-bond acceptors (Lipinski definition) is 5. The number of aliphatic hydroxyl groups excluding tert-OH is 1. The van der Waals surface area contributed by atoms with E-state index in [0.717, 1.165) is 18.0 Å². The number of likely N-dealkylation sites (tertiary alicyclic amines) is 1. The Kier molecular flexibility index (Phi) is 3.43. The van der Waals surface area contributed by atoms with Crippen LogP contribution in [0.4, 0.5) is 4.39 Å². The van der Waals surface area contributed by atoms with Gasteiger partial charge in [0.1, 0.15) is 5.82 Å². The van der Waals surface area contributed by atoms with Crippen LogP contribution >= 0.6 is 0 Å². The highest BCUT2D eigenvalue weighted by atomic mass is 19.1. The summed E-state index contributed by atoms with van der Waals surface area (Å²) < 4.78 is 18.4. The molecular formula is C16H18FN3O2. The van der Waals surface area contributed by atoms with Crippen LogP contribution in [0.2, 0.25) is 0 Å². The highest BCUT2D eigenvalue weighted by molar-refractivity contribution is 5.53. The Morgan fingerprint density at radius 2 is 2.05 bits per heavy atom. The van der Waals surface area contributed by atoms with Crippen LogP contribution in [-0.2, 0) is 0 Å². The largest absolute Gasteiger partial charge is 0.392 e. The first kappa shape index (κ1) is 13.8. The Balaban J connectivity index is 1.55. The summed E-state index contributed by atoms with van der Waals surface area (Å²) in [5.41, 5.74) is 0.726. The van der Waals surface area contributed by atoms with Gasteiger partial charge in [0.05, 0.1) is 12.1 Å². The van der Waals surface area contributed by atoms with Gasteiger partial charge in [-0.2, -0.15) is 4.98 Å². The van der Waals surface area contributed by atoms with Crippen molar-refractivity contribution in [3.8, 4) is 11.4 Å². The smallest absolute Gasteiger partial charge is 0.244 e. The quantitative estimate of drug-likeness (QED) is 0.939. The molecule has 2 atom stereocenters. The van der Waals surface area contributed by atoms with Crippen molar-refractivity contribution in [2.75, 3.05) is 13.1 Å². The summed E-state index contributed by atoms with van der Waals surface area (Å²) in [4.78, 5) is 6.69. The number of aromatic nitrogens is 2. The normalized spacial score (nSPS) is 25.7. The van der Waals surface area contributed by atoms with Crippen LogP contribution in [0.15, 0.2) is 28.8 Å². The van der Waals surface area contributed by atoms with Gasteiger partial charge in [0.15, 0.2) is 0 Å². The molecule has 1 saturated carbocycles. The molecule has 22 heavy (non-hydrogen) atoms. The molecule has 0 bridgehead atoms. The summed E-state index contributed by atoms with van der Waals surface area (Å²) >= 11 is 0. The average molecular weight is 303 g/mol. The average Bonchev–Trinajstić information content (AvgIpc) is 3.05. The van der Waals surface area contributed by atoms with Crippen molar-refractivity contribution in [1.82, 2.24) is 15.0 Å². The van der Waals surface area contributed by atoms with Gasteiger partial charge in [-0.05, 0) is 49.4 Å². The number of aliphatic hydroxyl groups is 1. The molecule has 1 aliphatic carbocycles. The molecule has 1 aliphatic heterocycles. The summed E-state index contributed by atoms with van der Waals surface area (Å²) in [6.45, 7) is 1.64. The van der Waals surface area contributed by atoms with Gasteiger partial charge in [-0.1, -0.05) is 5.16 Å². The lowest BCUT2D eigenvalue weighted by atomic mass is 10.2. The highest BCUT2D eigenvalue weighted by Crippen LogP contribution is 2.37. The summed E-state index contributed by atoms with van der Waals surface area (Å²) in [5.74, 6) is 1.45. The maximum Gasteiger partial charge on any atom is 0.244 e. The van der Waals surface area contributed by atoms with Crippen molar-refractivity contribution < 1.29 is 14.0 Å². The summed E-state index contributed by atoms with van der Waals surface area (Å²) in [6, 6.07) is 6.01. The maximum absolute atomic E-state index is 13.0. The third kappa shape index (κ3) is 2.76. The lowest BCUT2D eigenvalue weighted by Crippen LogP contribution is -2.27. The molecule has 1 saturated heterocycles. The Hall–Kier alpha value is -1.79. The van der Waals surface area contributed by atoms with E-state index in [1.54, 1.807) is 12.1 Å². The van der Waals surface area contributed by atoms with Crippen LogP contribution in [0.25, 0.3) is 11.4 Å². The molecule has 116 valence electrons. The van der Waals surface area contributed by atoms with E-state index in [2.05, 4.69) is 15.0 Å². The zero-order valence-corrected chi connectivity index (χ0v) is 12.2. The molecule has 6 heteroatoms. The van der Waals surface area contributed by atoms with E-state index < -0.39 is 0 Å². The molecule has 2 aromatic rings. The summed E-state index contributed by atoms with van der Waals surface area (Å²) in [6.07, 6.45) is 2.82. The van der Waals surface area contributed by atoms with Gasteiger partial charge in [0.25, 0.3) is 0 Å². The fourth-order valence-corrected chi connectivity index (χ4v) is 3.06. The van der Waals surface area contributed by atoms with Crippen molar-refractivity contribution in [1.29, 1.82) is 0 Å².